The maximum Gasteiger partial charge on any atom is 0.290 e. The van der Waals surface area contributed by atoms with Gasteiger partial charge in [-0.15, -0.1) is 0 Å². The predicted octanol–water partition coefficient (Wildman–Crippen LogP) is 2.80. The Morgan fingerprint density at radius 2 is 1.72 bits per heavy atom. The normalized spacial score (nSPS) is 10.6. The van der Waals surface area contributed by atoms with Crippen LogP contribution in [-0.4, -0.2) is 28.8 Å². The van der Waals surface area contributed by atoms with Gasteiger partial charge in [0, 0.05) is 14.1 Å². The maximum atomic E-state index is 10.9. The first kappa shape index (κ1) is 14.1. The molecule has 1 aromatic rings. The van der Waals surface area contributed by atoms with E-state index < -0.39 is 9.85 Å². The van der Waals surface area contributed by atoms with E-state index in [-0.39, 0.29) is 15.8 Å². The van der Waals surface area contributed by atoms with Gasteiger partial charge in [-0.05, 0) is 34.3 Å². The van der Waals surface area contributed by atoms with E-state index in [1.54, 1.807) is 25.2 Å². The standard InChI is InChI=1S/C10H10BrN3O4/c1-12(2)4-3-7-5-8(11)10(14(17)18)6-9(7)13(15)16/h3-6H,1-2H3/b4-3+. The van der Waals surface area contributed by atoms with Gasteiger partial charge in [0.2, 0.25) is 0 Å². The van der Waals surface area contributed by atoms with Crippen molar-refractivity contribution in [2.45, 2.75) is 0 Å². The third kappa shape index (κ3) is 3.27. The molecule has 0 spiro atoms. The average Bonchev–Trinajstić information content (AvgIpc) is 2.25. The molecule has 0 aliphatic carbocycles. The van der Waals surface area contributed by atoms with E-state index in [0.717, 1.165) is 6.07 Å². The minimum Gasteiger partial charge on any atom is -0.383 e. The summed E-state index contributed by atoms with van der Waals surface area (Å²) in [6, 6.07) is 2.30. The summed E-state index contributed by atoms with van der Waals surface area (Å²) >= 11 is 3.03. The molecule has 0 aliphatic heterocycles. The second-order valence-electron chi connectivity index (χ2n) is 3.66. The minimum atomic E-state index is -0.670. The number of halogens is 1. The van der Waals surface area contributed by atoms with E-state index in [4.69, 9.17) is 0 Å². The SMILES string of the molecule is CN(C)/C=C/c1cc(Br)c([N+](=O)[O-])cc1[N+](=O)[O-]. The van der Waals surface area contributed by atoms with E-state index in [1.165, 1.54) is 12.1 Å². The van der Waals surface area contributed by atoms with Gasteiger partial charge in [0.05, 0.1) is 25.9 Å². The molecule has 0 bridgehead atoms. The molecular weight excluding hydrogens is 306 g/mol. The fourth-order valence-electron chi connectivity index (χ4n) is 1.23. The van der Waals surface area contributed by atoms with Crippen molar-refractivity contribution in [1.29, 1.82) is 0 Å². The molecule has 0 heterocycles. The first-order valence-electron chi connectivity index (χ1n) is 4.80. The molecule has 0 saturated heterocycles. The van der Waals surface area contributed by atoms with Gasteiger partial charge in [0.25, 0.3) is 11.4 Å². The van der Waals surface area contributed by atoms with Gasteiger partial charge in [-0.25, -0.2) is 0 Å². The molecular formula is C10H10BrN3O4. The molecule has 96 valence electrons. The lowest BCUT2D eigenvalue weighted by Crippen LogP contribution is -2.01. The smallest absolute Gasteiger partial charge is 0.290 e. The molecule has 0 fully saturated rings. The first-order valence-corrected chi connectivity index (χ1v) is 5.59. The Balaban J connectivity index is 3.38. The van der Waals surface area contributed by atoms with Crippen molar-refractivity contribution in [2.24, 2.45) is 0 Å². The van der Waals surface area contributed by atoms with Crippen LogP contribution in [0, 0.1) is 20.2 Å². The summed E-state index contributed by atoms with van der Waals surface area (Å²) in [5.41, 5.74) is -0.335. The Bertz CT molecular complexity index is 528. The molecule has 18 heavy (non-hydrogen) atoms. The van der Waals surface area contributed by atoms with Crippen LogP contribution in [0.4, 0.5) is 11.4 Å². The largest absolute Gasteiger partial charge is 0.383 e. The molecule has 0 saturated carbocycles. The molecule has 0 aliphatic rings. The zero-order valence-electron chi connectivity index (χ0n) is 9.66. The van der Waals surface area contributed by atoms with Crippen LogP contribution in [0.2, 0.25) is 0 Å². The molecule has 7 nitrogen and oxygen atoms in total. The zero-order chi connectivity index (χ0) is 13.9. The molecule has 0 unspecified atom stereocenters. The monoisotopic (exact) mass is 315 g/mol. The Kier molecular flexibility index (Phi) is 4.38. The van der Waals surface area contributed by atoms with Crippen molar-refractivity contribution in [3.8, 4) is 0 Å². The summed E-state index contributed by atoms with van der Waals surface area (Å²) in [4.78, 5) is 22.0. The van der Waals surface area contributed by atoms with Crippen molar-refractivity contribution < 1.29 is 9.85 Å². The Morgan fingerprint density at radius 3 is 2.17 bits per heavy atom. The fraction of sp³-hybridized carbons (Fsp3) is 0.200. The summed E-state index contributed by atoms with van der Waals surface area (Å²) in [5.74, 6) is 0. The van der Waals surface area contributed by atoms with Crippen LogP contribution in [0.1, 0.15) is 5.56 Å². The molecule has 0 atom stereocenters. The number of nitrogens with zero attached hydrogens (tertiary/aromatic N) is 3. The van der Waals surface area contributed by atoms with Crippen molar-refractivity contribution in [3.05, 3.63) is 48.6 Å². The number of hydrogen-bond acceptors (Lipinski definition) is 5. The minimum absolute atomic E-state index is 0.205. The highest BCUT2D eigenvalue weighted by atomic mass is 79.9. The van der Waals surface area contributed by atoms with E-state index in [0.29, 0.717) is 5.56 Å². The molecule has 0 radical (unpaired) electrons. The van der Waals surface area contributed by atoms with Crippen LogP contribution in [0.3, 0.4) is 0 Å². The average molecular weight is 316 g/mol. The second kappa shape index (κ2) is 5.58. The van der Waals surface area contributed by atoms with Crippen molar-refractivity contribution in [2.75, 3.05) is 14.1 Å². The van der Waals surface area contributed by atoms with Crippen LogP contribution < -0.4 is 0 Å². The van der Waals surface area contributed by atoms with E-state index in [1.807, 2.05) is 0 Å². The number of nitro groups is 2. The summed E-state index contributed by atoms with van der Waals surface area (Å²) < 4.78 is 0.205. The van der Waals surface area contributed by atoms with Gasteiger partial charge in [0.1, 0.15) is 0 Å². The number of nitro benzene ring substituents is 2. The van der Waals surface area contributed by atoms with Gasteiger partial charge in [-0.1, -0.05) is 0 Å². The summed E-state index contributed by atoms with van der Waals surface area (Å²) in [6.45, 7) is 0. The molecule has 0 amide bonds. The van der Waals surface area contributed by atoms with Crippen molar-refractivity contribution in [1.82, 2.24) is 4.90 Å². The summed E-state index contributed by atoms with van der Waals surface area (Å²) in [5, 5.41) is 21.6. The first-order chi connectivity index (χ1) is 8.32. The Labute approximate surface area is 111 Å². The third-order valence-electron chi connectivity index (χ3n) is 2.04. The van der Waals surface area contributed by atoms with Gasteiger partial charge in [-0.3, -0.25) is 20.2 Å². The zero-order valence-corrected chi connectivity index (χ0v) is 11.2. The van der Waals surface area contributed by atoms with E-state index in [9.17, 15) is 20.2 Å². The fourth-order valence-corrected chi connectivity index (χ4v) is 1.73. The summed E-state index contributed by atoms with van der Waals surface area (Å²) in [7, 11) is 3.53. The molecule has 0 N–H and O–H groups in total. The van der Waals surface area contributed by atoms with Crippen LogP contribution in [0.15, 0.2) is 22.8 Å². The molecule has 1 aromatic carbocycles. The number of hydrogen-bond donors (Lipinski definition) is 0. The van der Waals surface area contributed by atoms with E-state index >= 15 is 0 Å². The van der Waals surface area contributed by atoms with Crippen molar-refractivity contribution in [3.63, 3.8) is 0 Å². The Hall–Kier alpha value is -1.96. The highest BCUT2D eigenvalue weighted by Crippen LogP contribution is 2.33. The number of rotatable bonds is 4. The molecule has 1 rings (SSSR count). The second-order valence-corrected chi connectivity index (χ2v) is 4.51. The topological polar surface area (TPSA) is 89.5 Å². The van der Waals surface area contributed by atoms with Crippen molar-refractivity contribution >= 4 is 33.4 Å². The van der Waals surface area contributed by atoms with Crippen LogP contribution in [0.25, 0.3) is 6.08 Å². The number of benzene rings is 1. The quantitative estimate of drug-likeness (QED) is 0.629. The molecule has 8 heteroatoms. The summed E-state index contributed by atoms with van der Waals surface area (Å²) in [6.07, 6.45) is 3.15. The highest BCUT2D eigenvalue weighted by Gasteiger charge is 2.21. The Morgan fingerprint density at radius 1 is 1.17 bits per heavy atom. The van der Waals surface area contributed by atoms with Gasteiger partial charge in [0.15, 0.2) is 0 Å². The maximum absolute atomic E-state index is 10.9. The predicted molar refractivity (Wildman–Crippen MR) is 70.2 cm³/mol. The van der Waals surface area contributed by atoms with Gasteiger partial charge >= 0.3 is 0 Å². The van der Waals surface area contributed by atoms with Gasteiger partial charge in [-0.2, -0.15) is 0 Å². The van der Waals surface area contributed by atoms with Crippen LogP contribution in [0.5, 0.6) is 0 Å². The van der Waals surface area contributed by atoms with Gasteiger partial charge < -0.3 is 4.90 Å². The molecule has 0 aromatic heterocycles. The van der Waals surface area contributed by atoms with Crippen LogP contribution in [-0.2, 0) is 0 Å². The van der Waals surface area contributed by atoms with E-state index in [2.05, 4.69) is 15.9 Å². The third-order valence-corrected chi connectivity index (χ3v) is 2.68. The highest BCUT2D eigenvalue weighted by molar-refractivity contribution is 9.10. The lowest BCUT2D eigenvalue weighted by atomic mass is 10.1. The lowest BCUT2D eigenvalue weighted by molar-refractivity contribution is -0.394. The van der Waals surface area contributed by atoms with Crippen LogP contribution >= 0.6 is 15.9 Å². The lowest BCUT2D eigenvalue weighted by Gasteiger charge is -2.04.